The Morgan fingerprint density at radius 2 is 1.52 bits per heavy atom. The summed E-state index contributed by atoms with van der Waals surface area (Å²) in [5.41, 5.74) is 0.289. The molecule has 0 bridgehead atoms. The van der Waals surface area contributed by atoms with Gasteiger partial charge in [0, 0.05) is 4.47 Å². The minimum absolute atomic E-state index is 0.0139. The van der Waals surface area contributed by atoms with Gasteiger partial charge in [-0.05, 0) is 40.2 Å². The lowest BCUT2D eigenvalue weighted by atomic mass is 10.3. The fraction of sp³-hybridized carbons (Fsp3) is 0. The Morgan fingerprint density at radius 1 is 0.952 bits per heavy atom. The predicted octanol–water partition coefficient (Wildman–Crippen LogP) is 5.97. The maximum atomic E-state index is 12.5. The topological polar surface area (TPSA) is 46.2 Å². The maximum Gasteiger partial charge on any atom is 0.264 e. The van der Waals surface area contributed by atoms with Gasteiger partial charge in [-0.1, -0.05) is 56.8 Å². The fourth-order valence-corrected chi connectivity index (χ4v) is 5.24. The van der Waals surface area contributed by atoms with Gasteiger partial charge in [0.15, 0.2) is 0 Å². The zero-order valence-corrected chi connectivity index (χ0v) is 16.3. The smallest absolute Gasteiger partial charge is 0.264 e. The molecule has 2 aromatic carbocycles. The second kappa shape index (κ2) is 6.64. The van der Waals surface area contributed by atoms with Crippen LogP contribution in [0.1, 0.15) is 0 Å². The number of hydrogen-bond donors (Lipinski definition) is 1. The standard InChI is InChI=1S/C12H6Br2Cl3NO2S/c13-6-4-8(16)12(9(17)5-6)21(19,20)18-10-3-1-2-7(15)11(10)14/h1-5,18H. The molecule has 0 unspecified atom stereocenters. The van der Waals surface area contributed by atoms with E-state index in [2.05, 4.69) is 36.6 Å². The highest BCUT2D eigenvalue weighted by molar-refractivity contribution is 9.11. The molecule has 0 aliphatic heterocycles. The van der Waals surface area contributed by atoms with Crippen molar-refractivity contribution in [2.75, 3.05) is 4.72 Å². The molecule has 1 N–H and O–H groups in total. The molecule has 0 aromatic heterocycles. The largest absolute Gasteiger partial charge is 0.278 e. The highest BCUT2D eigenvalue weighted by Crippen LogP contribution is 2.36. The quantitative estimate of drug-likeness (QED) is 0.572. The third-order valence-electron chi connectivity index (χ3n) is 2.43. The molecule has 112 valence electrons. The minimum atomic E-state index is -3.95. The summed E-state index contributed by atoms with van der Waals surface area (Å²) >= 11 is 24.3. The van der Waals surface area contributed by atoms with E-state index in [1.807, 2.05) is 0 Å². The van der Waals surface area contributed by atoms with E-state index < -0.39 is 10.0 Å². The summed E-state index contributed by atoms with van der Waals surface area (Å²) in [7, 11) is -3.95. The molecule has 0 fully saturated rings. The van der Waals surface area contributed by atoms with Gasteiger partial charge in [0.05, 0.1) is 25.2 Å². The third kappa shape index (κ3) is 3.86. The molecule has 2 rings (SSSR count). The van der Waals surface area contributed by atoms with Crippen LogP contribution >= 0.6 is 66.7 Å². The van der Waals surface area contributed by atoms with E-state index in [0.717, 1.165) is 0 Å². The van der Waals surface area contributed by atoms with Gasteiger partial charge < -0.3 is 0 Å². The van der Waals surface area contributed by atoms with Crippen LogP contribution in [0.15, 0.2) is 44.2 Å². The molecule has 0 saturated heterocycles. The van der Waals surface area contributed by atoms with Crippen LogP contribution in [0, 0.1) is 0 Å². The molecule has 0 heterocycles. The van der Waals surface area contributed by atoms with Gasteiger partial charge in [-0.3, -0.25) is 4.72 Å². The second-order valence-electron chi connectivity index (χ2n) is 3.91. The van der Waals surface area contributed by atoms with E-state index in [4.69, 9.17) is 34.8 Å². The molecule has 0 atom stereocenters. The Hall–Kier alpha value is 0.0200. The average Bonchev–Trinajstić information content (AvgIpc) is 2.33. The first-order valence-corrected chi connectivity index (χ1v) is 9.54. The van der Waals surface area contributed by atoms with Crippen molar-refractivity contribution in [1.29, 1.82) is 0 Å². The molecular weight excluding hydrogens is 488 g/mol. The number of hydrogen-bond acceptors (Lipinski definition) is 2. The van der Waals surface area contributed by atoms with E-state index in [-0.39, 0.29) is 20.6 Å². The molecule has 0 radical (unpaired) electrons. The molecule has 9 heteroatoms. The Bertz CT molecular complexity index is 789. The number of anilines is 1. The van der Waals surface area contributed by atoms with Crippen LogP contribution in [0.4, 0.5) is 5.69 Å². The second-order valence-corrected chi connectivity index (χ2v) is 8.45. The van der Waals surface area contributed by atoms with Gasteiger partial charge in [0.25, 0.3) is 10.0 Å². The normalized spacial score (nSPS) is 11.5. The summed E-state index contributed by atoms with van der Waals surface area (Å²) in [6, 6.07) is 7.72. The zero-order chi connectivity index (χ0) is 15.8. The zero-order valence-electron chi connectivity index (χ0n) is 10.0. The summed E-state index contributed by atoms with van der Waals surface area (Å²) in [5, 5.41) is 0.406. The summed E-state index contributed by atoms with van der Waals surface area (Å²) in [4.78, 5) is -0.194. The van der Waals surface area contributed by atoms with Crippen LogP contribution in [0.25, 0.3) is 0 Å². The molecular formula is C12H6Br2Cl3NO2S. The highest BCUT2D eigenvalue weighted by atomic mass is 79.9. The lowest BCUT2D eigenvalue weighted by molar-refractivity contribution is 0.601. The Kier molecular flexibility index (Phi) is 5.50. The first-order valence-electron chi connectivity index (χ1n) is 5.34. The summed E-state index contributed by atoms with van der Waals surface area (Å²) in [5.74, 6) is 0. The van der Waals surface area contributed by atoms with Gasteiger partial charge in [0.1, 0.15) is 4.90 Å². The molecule has 3 nitrogen and oxygen atoms in total. The van der Waals surface area contributed by atoms with Crippen molar-refractivity contribution in [3.05, 3.63) is 54.3 Å². The van der Waals surface area contributed by atoms with Gasteiger partial charge in [0.2, 0.25) is 0 Å². The van der Waals surface area contributed by atoms with Crippen LogP contribution in [0.3, 0.4) is 0 Å². The summed E-state index contributed by atoms with van der Waals surface area (Å²) < 4.78 is 28.3. The molecule has 0 saturated carbocycles. The van der Waals surface area contributed by atoms with Crippen LogP contribution in [-0.4, -0.2) is 8.42 Å². The molecule has 2 aromatic rings. The van der Waals surface area contributed by atoms with Crippen molar-refractivity contribution in [2.45, 2.75) is 4.90 Å². The van der Waals surface area contributed by atoms with Crippen LogP contribution < -0.4 is 4.72 Å². The number of nitrogens with one attached hydrogen (secondary N) is 1. The van der Waals surface area contributed by atoms with Crippen LogP contribution in [0.5, 0.6) is 0 Å². The molecule has 21 heavy (non-hydrogen) atoms. The van der Waals surface area contributed by atoms with Gasteiger partial charge >= 0.3 is 0 Å². The predicted molar refractivity (Wildman–Crippen MR) is 94.1 cm³/mol. The number of sulfonamides is 1. The van der Waals surface area contributed by atoms with Gasteiger partial charge in [-0.25, -0.2) is 8.42 Å². The molecule has 0 spiro atoms. The number of rotatable bonds is 3. The molecule has 0 amide bonds. The van der Waals surface area contributed by atoms with Gasteiger partial charge in [-0.15, -0.1) is 0 Å². The van der Waals surface area contributed by atoms with Crippen molar-refractivity contribution in [3.63, 3.8) is 0 Å². The Labute approximate surface area is 153 Å². The van der Waals surface area contributed by atoms with Crippen LogP contribution in [-0.2, 0) is 10.0 Å². The van der Waals surface area contributed by atoms with E-state index >= 15 is 0 Å². The van der Waals surface area contributed by atoms with Crippen molar-refractivity contribution in [1.82, 2.24) is 0 Å². The average molecular weight is 494 g/mol. The first kappa shape index (κ1) is 17.4. The fourth-order valence-electron chi connectivity index (χ4n) is 1.56. The third-order valence-corrected chi connectivity index (χ3v) is 6.57. The van der Waals surface area contributed by atoms with Crippen LogP contribution in [0.2, 0.25) is 15.1 Å². The summed E-state index contributed by atoms with van der Waals surface area (Å²) in [6.45, 7) is 0. The van der Waals surface area contributed by atoms with E-state index in [1.165, 1.54) is 12.1 Å². The SMILES string of the molecule is O=S(=O)(Nc1cccc(Cl)c1Br)c1c(Cl)cc(Br)cc1Cl. The number of halogens is 5. The Balaban J connectivity index is 2.51. The van der Waals surface area contributed by atoms with E-state index in [0.29, 0.717) is 14.0 Å². The summed E-state index contributed by atoms with van der Waals surface area (Å²) in [6.07, 6.45) is 0. The monoisotopic (exact) mass is 491 g/mol. The molecule has 0 aliphatic rings. The lowest BCUT2D eigenvalue weighted by Crippen LogP contribution is -2.14. The molecule has 0 aliphatic carbocycles. The highest BCUT2D eigenvalue weighted by Gasteiger charge is 2.23. The van der Waals surface area contributed by atoms with E-state index in [9.17, 15) is 8.42 Å². The van der Waals surface area contributed by atoms with E-state index in [1.54, 1.807) is 18.2 Å². The Morgan fingerprint density at radius 3 is 2.10 bits per heavy atom. The maximum absolute atomic E-state index is 12.5. The van der Waals surface area contributed by atoms with Crippen molar-refractivity contribution >= 4 is 82.4 Å². The van der Waals surface area contributed by atoms with Crippen molar-refractivity contribution < 1.29 is 8.42 Å². The lowest BCUT2D eigenvalue weighted by Gasteiger charge is -2.13. The minimum Gasteiger partial charge on any atom is -0.278 e. The number of benzene rings is 2. The van der Waals surface area contributed by atoms with Gasteiger partial charge in [-0.2, -0.15) is 0 Å². The first-order chi connectivity index (χ1) is 9.72. The van der Waals surface area contributed by atoms with Crippen molar-refractivity contribution in [3.8, 4) is 0 Å². The van der Waals surface area contributed by atoms with Crippen molar-refractivity contribution in [2.24, 2.45) is 0 Å².